The van der Waals surface area contributed by atoms with Gasteiger partial charge in [-0.15, -0.1) is 0 Å². The van der Waals surface area contributed by atoms with Crippen LogP contribution >= 0.6 is 15.9 Å². The SMILES string of the molecule is CCOC(=O)CC1c2cc(Br)c(F)cc2OCC12CC2. The Morgan fingerprint density at radius 1 is 1.55 bits per heavy atom. The van der Waals surface area contributed by atoms with E-state index in [1.807, 2.05) is 0 Å². The Balaban J connectivity index is 1.94. The molecule has 0 N–H and O–H groups in total. The second kappa shape index (κ2) is 5.02. The van der Waals surface area contributed by atoms with Gasteiger partial charge in [-0.1, -0.05) is 0 Å². The Labute approximate surface area is 125 Å². The molecule has 0 saturated heterocycles. The van der Waals surface area contributed by atoms with Gasteiger partial charge in [0.25, 0.3) is 0 Å². The zero-order chi connectivity index (χ0) is 14.3. The third-order valence-electron chi connectivity index (χ3n) is 4.25. The van der Waals surface area contributed by atoms with Crippen molar-refractivity contribution in [3.63, 3.8) is 0 Å². The lowest BCUT2D eigenvalue weighted by Crippen LogP contribution is -2.29. The molecule has 0 radical (unpaired) electrons. The van der Waals surface area contributed by atoms with Crippen LogP contribution in [0.5, 0.6) is 5.75 Å². The molecule has 1 heterocycles. The lowest BCUT2D eigenvalue weighted by Gasteiger charge is -2.33. The van der Waals surface area contributed by atoms with Crippen molar-refractivity contribution < 1.29 is 18.7 Å². The molecule has 1 aliphatic heterocycles. The van der Waals surface area contributed by atoms with E-state index in [0.29, 0.717) is 29.9 Å². The lowest BCUT2D eigenvalue weighted by atomic mass is 9.79. The molecule has 5 heteroatoms. The number of hydrogen-bond acceptors (Lipinski definition) is 3. The normalized spacial score (nSPS) is 22.1. The minimum atomic E-state index is -0.342. The molecular formula is C15H16BrFO3. The summed E-state index contributed by atoms with van der Waals surface area (Å²) in [5, 5.41) is 0. The lowest BCUT2D eigenvalue weighted by molar-refractivity contribution is -0.144. The molecule has 1 unspecified atom stereocenters. The van der Waals surface area contributed by atoms with Crippen molar-refractivity contribution in [2.45, 2.75) is 32.1 Å². The third-order valence-corrected chi connectivity index (χ3v) is 4.86. The fourth-order valence-electron chi connectivity index (χ4n) is 2.96. The number of halogens is 2. The van der Waals surface area contributed by atoms with E-state index < -0.39 is 0 Å². The van der Waals surface area contributed by atoms with Gasteiger partial charge >= 0.3 is 5.97 Å². The number of esters is 1. The largest absolute Gasteiger partial charge is 0.493 e. The van der Waals surface area contributed by atoms with Crippen LogP contribution in [0.2, 0.25) is 0 Å². The molecule has 1 aromatic rings. The molecule has 1 aliphatic carbocycles. The summed E-state index contributed by atoms with van der Waals surface area (Å²) in [5.41, 5.74) is 0.951. The quantitative estimate of drug-likeness (QED) is 0.784. The van der Waals surface area contributed by atoms with Gasteiger partial charge in [-0.05, 0) is 47.3 Å². The highest BCUT2D eigenvalue weighted by molar-refractivity contribution is 9.10. The Bertz CT molecular complexity index is 554. The molecule has 3 nitrogen and oxygen atoms in total. The minimum absolute atomic E-state index is 0.0387. The van der Waals surface area contributed by atoms with Crippen LogP contribution in [0.4, 0.5) is 4.39 Å². The number of fused-ring (bicyclic) bond motifs is 1. The fourth-order valence-corrected chi connectivity index (χ4v) is 3.32. The maximum Gasteiger partial charge on any atom is 0.306 e. The molecule has 1 atom stereocenters. The van der Waals surface area contributed by atoms with Gasteiger partial charge in [-0.3, -0.25) is 4.79 Å². The predicted molar refractivity (Wildman–Crippen MR) is 75.3 cm³/mol. The average molecular weight is 343 g/mol. The first-order chi connectivity index (χ1) is 9.55. The molecule has 2 aliphatic rings. The van der Waals surface area contributed by atoms with Gasteiger partial charge in [0.2, 0.25) is 0 Å². The molecule has 3 rings (SSSR count). The average Bonchev–Trinajstić information content (AvgIpc) is 3.17. The maximum atomic E-state index is 13.6. The smallest absolute Gasteiger partial charge is 0.306 e. The summed E-state index contributed by atoms with van der Waals surface area (Å²) < 4.78 is 24.8. The first-order valence-electron chi connectivity index (χ1n) is 6.83. The van der Waals surface area contributed by atoms with Crippen LogP contribution in [0.25, 0.3) is 0 Å². The summed E-state index contributed by atoms with van der Waals surface area (Å²) in [6.07, 6.45) is 2.43. The molecule has 0 amide bonds. The van der Waals surface area contributed by atoms with E-state index in [4.69, 9.17) is 9.47 Å². The maximum absolute atomic E-state index is 13.6. The van der Waals surface area contributed by atoms with Gasteiger partial charge in [0.15, 0.2) is 0 Å². The van der Waals surface area contributed by atoms with Crippen molar-refractivity contribution in [3.05, 3.63) is 28.0 Å². The van der Waals surface area contributed by atoms with Gasteiger partial charge in [-0.2, -0.15) is 0 Å². The van der Waals surface area contributed by atoms with Crippen molar-refractivity contribution in [2.24, 2.45) is 5.41 Å². The summed E-state index contributed by atoms with van der Waals surface area (Å²) in [6.45, 7) is 2.74. The number of ether oxygens (including phenoxy) is 2. The summed E-state index contributed by atoms with van der Waals surface area (Å²) in [6, 6.07) is 3.14. The Kier molecular flexibility index (Phi) is 3.48. The summed E-state index contributed by atoms with van der Waals surface area (Å²) in [5.74, 6) is 0.0715. The number of carbonyl (C=O) groups is 1. The molecule has 108 valence electrons. The molecule has 1 fully saturated rings. The standard InChI is InChI=1S/C15H16BrFO3/c1-2-19-14(18)6-10-9-5-11(16)12(17)7-13(9)20-8-15(10)3-4-15/h5,7,10H,2-4,6,8H2,1H3. The van der Waals surface area contributed by atoms with E-state index in [0.717, 1.165) is 18.4 Å². The number of hydrogen-bond donors (Lipinski definition) is 0. The molecule has 20 heavy (non-hydrogen) atoms. The molecule has 1 spiro atoms. The van der Waals surface area contributed by atoms with E-state index in [1.165, 1.54) is 6.07 Å². The van der Waals surface area contributed by atoms with Crippen molar-refractivity contribution in [3.8, 4) is 5.75 Å². The van der Waals surface area contributed by atoms with Crippen molar-refractivity contribution in [1.29, 1.82) is 0 Å². The molecule has 0 aromatic heterocycles. The first kappa shape index (κ1) is 13.9. The van der Waals surface area contributed by atoms with Crippen molar-refractivity contribution in [2.75, 3.05) is 13.2 Å². The van der Waals surface area contributed by atoms with Crippen molar-refractivity contribution in [1.82, 2.24) is 0 Å². The highest BCUT2D eigenvalue weighted by atomic mass is 79.9. The molecule has 0 bridgehead atoms. The highest BCUT2D eigenvalue weighted by Gasteiger charge is 2.54. The van der Waals surface area contributed by atoms with Gasteiger partial charge in [0.05, 0.1) is 24.1 Å². The minimum Gasteiger partial charge on any atom is -0.493 e. The van der Waals surface area contributed by atoms with E-state index >= 15 is 0 Å². The fraction of sp³-hybridized carbons (Fsp3) is 0.533. The van der Waals surface area contributed by atoms with E-state index in [9.17, 15) is 9.18 Å². The third kappa shape index (κ3) is 2.32. The second-order valence-electron chi connectivity index (χ2n) is 5.52. The number of benzene rings is 1. The van der Waals surface area contributed by atoms with Crippen LogP contribution in [-0.2, 0) is 9.53 Å². The van der Waals surface area contributed by atoms with E-state index in [1.54, 1.807) is 13.0 Å². The monoisotopic (exact) mass is 342 g/mol. The van der Waals surface area contributed by atoms with Crippen LogP contribution in [0, 0.1) is 11.2 Å². The Hall–Kier alpha value is -1.10. The van der Waals surface area contributed by atoms with Crippen LogP contribution in [0.3, 0.4) is 0 Å². The Morgan fingerprint density at radius 2 is 2.30 bits per heavy atom. The Morgan fingerprint density at radius 3 is 2.95 bits per heavy atom. The van der Waals surface area contributed by atoms with Gasteiger partial charge in [-0.25, -0.2) is 4.39 Å². The van der Waals surface area contributed by atoms with Crippen LogP contribution in [0.1, 0.15) is 37.7 Å². The highest BCUT2D eigenvalue weighted by Crippen LogP contribution is 2.61. The molecule has 1 saturated carbocycles. The summed E-state index contributed by atoms with van der Waals surface area (Å²) in [4.78, 5) is 11.8. The van der Waals surface area contributed by atoms with Gasteiger partial charge in [0.1, 0.15) is 11.6 Å². The number of carbonyl (C=O) groups excluding carboxylic acids is 1. The van der Waals surface area contributed by atoms with Crippen LogP contribution in [-0.4, -0.2) is 19.2 Å². The summed E-state index contributed by atoms with van der Waals surface area (Å²) in [7, 11) is 0. The first-order valence-corrected chi connectivity index (χ1v) is 7.62. The van der Waals surface area contributed by atoms with Gasteiger partial charge in [0, 0.05) is 17.4 Å². The van der Waals surface area contributed by atoms with E-state index in [2.05, 4.69) is 15.9 Å². The number of rotatable bonds is 3. The zero-order valence-corrected chi connectivity index (χ0v) is 12.8. The predicted octanol–water partition coefficient (Wildman–Crippen LogP) is 3.80. The second-order valence-corrected chi connectivity index (χ2v) is 6.37. The summed E-state index contributed by atoms with van der Waals surface area (Å²) >= 11 is 3.21. The topological polar surface area (TPSA) is 35.5 Å². The van der Waals surface area contributed by atoms with Crippen molar-refractivity contribution >= 4 is 21.9 Å². The molecular weight excluding hydrogens is 327 g/mol. The van der Waals surface area contributed by atoms with Crippen LogP contribution in [0.15, 0.2) is 16.6 Å². The van der Waals surface area contributed by atoms with Crippen LogP contribution < -0.4 is 4.74 Å². The van der Waals surface area contributed by atoms with E-state index in [-0.39, 0.29) is 23.1 Å². The molecule has 1 aromatic carbocycles. The van der Waals surface area contributed by atoms with Gasteiger partial charge < -0.3 is 9.47 Å². The zero-order valence-electron chi connectivity index (χ0n) is 11.2.